The molecule has 1 aliphatic carbocycles. The predicted octanol–water partition coefficient (Wildman–Crippen LogP) is 2.22. The van der Waals surface area contributed by atoms with E-state index >= 15 is 0 Å². The molecule has 21 heavy (non-hydrogen) atoms. The van der Waals surface area contributed by atoms with Gasteiger partial charge in [-0.05, 0) is 30.6 Å². The van der Waals surface area contributed by atoms with Crippen LogP contribution in [0.3, 0.4) is 0 Å². The van der Waals surface area contributed by atoms with Crippen molar-refractivity contribution < 1.29 is 14.7 Å². The summed E-state index contributed by atoms with van der Waals surface area (Å²) in [5, 5.41) is 15.1. The first kappa shape index (κ1) is 17.4. The minimum atomic E-state index is -0.746. The van der Waals surface area contributed by atoms with E-state index in [1.165, 1.54) is 0 Å². The molecule has 0 heterocycles. The Labute approximate surface area is 126 Å². The molecule has 3 atom stereocenters. The maximum atomic E-state index is 11.9. The largest absolute Gasteiger partial charge is 0.481 e. The third kappa shape index (κ3) is 4.38. The fourth-order valence-electron chi connectivity index (χ4n) is 3.05. The van der Waals surface area contributed by atoms with Gasteiger partial charge < -0.3 is 15.7 Å². The van der Waals surface area contributed by atoms with Crippen LogP contribution in [-0.4, -0.2) is 29.7 Å². The summed E-state index contributed by atoms with van der Waals surface area (Å²) in [5.41, 5.74) is -0.342. The van der Waals surface area contributed by atoms with Gasteiger partial charge in [0.1, 0.15) is 0 Å². The molecule has 2 amide bonds. The Morgan fingerprint density at radius 1 is 1.38 bits per heavy atom. The molecule has 0 bridgehead atoms. The molecule has 118 valence electrons. The van der Waals surface area contributed by atoms with Gasteiger partial charge in [0, 0.05) is 19.0 Å². The average Bonchev–Trinajstić information content (AvgIpc) is 2.40. The second-order valence-electron chi connectivity index (χ2n) is 6.39. The number of nitrogens with one attached hydrogen (secondary N) is 2. The third-order valence-electron chi connectivity index (χ3n) is 4.84. The second-order valence-corrected chi connectivity index (χ2v) is 6.39. The van der Waals surface area contributed by atoms with Crippen molar-refractivity contribution in [2.75, 3.05) is 6.54 Å². The summed E-state index contributed by atoms with van der Waals surface area (Å²) >= 11 is 0. The molecular weight excluding hydrogens is 268 g/mol. The van der Waals surface area contributed by atoms with Crippen LogP contribution in [0.25, 0.3) is 0 Å². The Bertz CT molecular complexity index is 426. The lowest BCUT2D eigenvalue weighted by atomic mass is 9.61. The number of hydrogen-bond donors (Lipinski definition) is 3. The van der Waals surface area contributed by atoms with Crippen LogP contribution >= 0.6 is 0 Å². The van der Waals surface area contributed by atoms with Crippen LogP contribution in [0, 0.1) is 29.6 Å². The molecule has 0 saturated heterocycles. The minimum Gasteiger partial charge on any atom is -0.481 e. The first-order valence-corrected chi connectivity index (χ1v) is 7.51. The summed E-state index contributed by atoms with van der Waals surface area (Å²) in [7, 11) is 0. The Hall–Kier alpha value is -1.70. The zero-order valence-electron chi connectivity index (χ0n) is 13.1. The van der Waals surface area contributed by atoms with Gasteiger partial charge in [0.2, 0.25) is 0 Å². The van der Waals surface area contributed by atoms with Crippen molar-refractivity contribution in [3.05, 3.63) is 0 Å². The highest BCUT2D eigenvalue weighted by atomic mass is 16.4. The molecule has 1 fully saturated rings. The second kappa shape index (κ2) is 7.35. The zero-order chi connectivity index (χ0) is 16.0. The van der Waals surface area contributed by atoms with E-state index < -0.39 is 5.97 Å². The number of unbranched alkanes of at least 4 members (excludes halogenated alkanes) is 1. The molecule has 0 aliphatic heterocycles. The fraction of sp³-hybridized carbons (Fsp3) is 0.750. The molecule has 0 spiro atoms. The van der Waals surface area contributed by atoms with Gasteiger partial charge in [0.15, 0.2) is 0 Å². The summed E-state index contributed by atoms with van der Waals surface area (Å²) in [6.45, 7) is 6.50. The molecule has 0 radical (unpaired) electrons. The Kier molecular flexibility index (Phi) is 6.07. The van der Waals surface area contributed by atoms with Gasteiger partial charge >= 0.3 is 12.0 Å². The van der Waals surface area contributed by atoms with Crippen LogP contribution in [0.15, 0.2) is 0 Å². The SMILES string of the molecule is C#CCCCNC(=O)NC1CCC(C(=O)O)C(C)(C)C1C. The predicted molar refractivity (Wildman–Crippen MR) is 81.7 cm³/mol. The lowest BCUT2D eigenvalue weighted by molar-refractivity contribution is -0.150. The minimum absolute atomic E-state index is 0.00299. The van der Waals surface area contributed by atoms with Crippen molar-refractivity contribution in [3.8, 4) is 12.3 Å². The number of hydrogen-bond acceptors (Lipinski definition) is 2. The van der Waals surface area contributed by atoms with Crippen LogP contribution in [-0.2, 0) is 4.79 Å². The summed E-state index contributed by atoms with van der Waals surface area (Å²) in [4.78, 5) is 23.2. The van der Waals surface area contributed by atoms with Crippen molar-refractivity contribution in [3.63, 3.8) is 0 Å². The number of aliphatic carboxylic acids is 1. The Balaban J connectivity index is 2.52. The highest BCUT2D eigenvalue weighted by Crippen LogP contribution is 2.44. The molecule has 0 aromatic heterocycles. The standard InChI is InChI=1S/C16H26N2O3/c1-5-6-7-10-17-15(21)18-13-9-8-12(14(19)20)16(3,4)11(13)2/h1,11-13H,6-10H2,2-4H3,(H,19,20)(H2,17,18,21). The van der Waals surface area contributed by atoms with Crippen LogP contribution in [0.5, 0.6) is 0 Å². The highest BCUT2D eigenvalue weighted by molar-refractivity contribution is 5.74. The Morgan fingerprint density at radius 3 is 2.62 bits per heavy atom. The number of urea groups is 1. The van der Waals surface area contributed by atoms with E-state index in [1.54, 1.807) is 0 Å². The molecule has 3 N–H and O–H groups in total. The maximum Gasteiger partial charge on any atom is 0.315 e. The fourth-order valence-corrected chi connectivity index (χ4v) is 3.05. The molecule has 5 nitrogen and oxygen atoms in total. The van der Waals surface area contributed by atoms with E-state index in [0.717, 1.165) is 6.42 Å². The van der Waals surface area contributed by atoms with E-state index in [1.807, 2.05) is 20.8 Å². The zero-order valence-corrected chi connectivity index (χ0v) is 13.1. The van der Waals surface area contributed by atoms with Gasteiger partial charge in [0.25, 0.3) is 0 Å². The highest BCUT2D eigenvalue weighted by Gasteiger charge is 2.46. The van der Waals surface area contributed by atoms with Crippen LogP contribution in [0.2, 0.25) is 0 Å². The van der Waals surface area contributed by atoms with Crippen molar-refractivity contribution in [1.82, 2.24) is 10.6 Å². The van der Waals surface area contributed by atoms with Gasteiger partial charge in [-0.2, -0.15) is 0 Å². The number of carbonyl (C=O) groups excluding carboxylic acids is 1. The topological polar surface area (TPSA) is 78.4 Å². The van der Waals surface area contributed by atoms with Crippen molar-refractivity contribution in [1.29, 1.82) is 0 Å². The lowest BCUT2D eigenvalue weighted by Crippen LogP contribution is -2.54. The summed E-state index contributed by atoms with van der Waals surface area (Å²) in [6.07, 6.45) is 7.85. The molecule has 1 aliphatic rings. The number of terminal acetylenes is 1. The monoisotopic (exact) mass is 294 g/mol. The van der Waals surface area contributed by atoms with Gasteiger partial charge in [-0.25, -0.2) is 4.79 Å². The Morgan fingerprint density at radius 2 is 2.05 bits per heavy atom. The molecule has 1 rings (SSSR count). The summed E-state index contributed by atoms with van der Waals surface area (Å²) < 4.78 is 0. The number of carboxylic acid groups (broad SMARTS) is 1. The van der Waals surface area contributed by atoms with E-state index in [9.17, 15) is 14.7 Å². The molecule has 1 saturated carbocycles. The first-order valence-electron chi connectivity index (χ1n) is 7.51. The van der Waals surface area contributed by atoms with Crippen LogP contribution < -0.4 is 10.6 Å². The summed E-state index contributed by atoms with van der Waals surface area (Å²) in [5.74, 6) is 1.53. The van der Waals surface area contributed by atoms with Crippen molar-refractivity contribution >= 4 is 12.0 Å². The quantitative estimate of drug-likeness (QED) is 0.537. The van der Waals surface area contributed by atoms with E-state index in [2.05, 4.69) is 16.6 Å². The van der Waals surface area contributed by atoms with Gasteiger partial charge in [-0.15, -0.1) is 12.3 Å². The average molecular weight is 294 g/mol. The van der Waals surface area contributed by atoms with E-state index in [4.69, 9.17) is 6.42 Å². The van der Waals surface area contributed by atoms with Gasteiger partial charge in [-0.3, -0.25) is 4.79 Å². The van der Waals surface area contributed by atoms with Crippen LogP contribution in [0.4, 0.5) is 4.79 Å². The number of rotatable bonds is 5. The lowest BCUT2D eigenvalue weighted by Gasteiger charge is -2.46. The molecule has 0 aromatic carbocycles. The molecule has 5 heteroatoms. The maximum absolute atomic E-state index is 11.9. The van der Waals surface area contributed by atoms with Gasteiger partial charge in [-0.1, -0.05) is 20.8 Å². The van der Waals surface area contributed by atoms with Gasteiger partial charge in [0.05, 0.1) is 5.92 Å². The van der Waals surface area contributed by atoms with Crippen LogP contribution in [0.1, 0.15) is 46.5 Å². The van der Waals surface area contributed by atoms with E-state index in [0.29, 0.717) is 25.8 Å². The number of carboxylic acids is 1. The molecule has 0 aromatic rings. The van der Waals surface area contributed by atoms with Crippen molar-refractivity contribution in [2.24, 2.45) is 17.3 Å². The van der Waals surface area contributed by atoms with E-state index in [-0.39, 0.29) is 29.3 Å². The number of amides is 2. The smallest absolute Gasteiger partial charge is 0.315 e. The first-order chi connectivity index (χ1) is 9.80. The normalized spacial score (nSPS) is 27.4. The van der Waals surface area contributed by atoms with Crippen molar-refractivity contribution in [2.45, 2.75) is 52.5 Å². The molecular formula is C16H26N2O3. The third-order valence-corrected chi connectivity index (χ3v) is 4.84. The molecule has 3 unspecified atom stereocenters. The summed E-state index contributed by atoms with van der Waals surface area (Å²) in [6, 6.07) is -0.198. The number of carbonyl (C=O) groups is 2.